The van der Waals surface area contributed by atoms with Crippen molar-refractivity contribution in [2.75, 3.05) is 19.7 Å². The Morgan fingerprint density at radius 3 is 2.53 bits per heavy atom. The van der Waals surface area contributed by atoms with Crippen LogP contribution in [0.1, 0.15) is 52.5 Å². The van der Waals surface area contributed by atoms with E-state index in [1.54, 1.807) is 0 Å². The van der Waals surface area contributed by atoms with E-state index in [0.717, 1.165) is 25.4 Å². The second-order valence-electron chi connectivity index (χ2n) is 6.32. The minimum atomic E-state index is 0.152. The lowest BCUT2D eigenvalue weighted by Gasteiger charge is -2.26. The Hall–Kier alpha value is -1.02. The molecule has 0 fully saturated rings. The molecule has 0 aliphatic rings. The van der Waals surface area contributed by atoms with Crippen LogP contribution in [0.4, 0.5) is 0 Å². The molecule has 1 aromatic rings. The number of ether oxygens (including phenoxy) is 1. The fourth-order valence-electron chi connectivity index (χ4n) is 2.02. The zero-order valence-electron chi connectivity index (χ0n) is 13.1. The number of hydrogen-bond donors (Lipinski definition) is 1. The van der Waals surface area contributed by atoms with Gasteiger partial charge in [-0.15, -0.1) is 0 Å². The first-order chi connectivity index (χ1) is 8.96. The van der Waals surface area contributed by atoms with Crippen molar-refractivity contribution >= 4 is 0 Å². The molecule has 0 atom stereocenters. The normalized spacial score (nSPS) is 11.9. The molecule has 1 rings (SSSR count). The third-order valence-electron chi connectivity index (χ3n) is 3.19. The van der Waals surface area contributed by atoms with E-state index in [9.17, 15) is 0 Å². The Balaban J connectivity index is 2.56. The summed E-state index contributed by atoms with van der Waals surface area (Å²) in [5.74, 6) is 1.53. The quantitative estimate of drug-likeness (QED) is 0.709. The van der Waals surface area contributed by atoms with Crippen LogP contribution in [0.5, 0.6) is 5.75 Å². The second-order valence-corrected chi connectivity index (χ2v) is 6.32. The number of rotatable bonds is 8. The topological polar surface area (TPSA) is 21.3 Å². The Morgan fingerprint density at radius 1 is 1.21 bits per heavy atom. The fraction of sp³-hybridized carbons (Fsp3) is 0.647. The fourth-order valence-corrected chi connectivity index (χ4v) is 2.02. The number of para-hydroxylation sites is 1. The van der Waals surface area contributed by atoms with Gasteiger partial charge in [0.1, 0.15) is 5.75 Å². The zero-order chi connectivity index (χ0) is 14.3. The van der Waals surface area contributed by atoms with Gasteiger partial charge in [0.05, 0.1) is 6.61 Å². The van der Waals surface area contributed by atoms with Crippen LogP contribution in [0.2, 0.25) is 0 Å². The summed E-state index contributed by atoms with van der Waals surface area (Å²) in [5, 5.41) is 3.47. The highest BCUT2D eigenvalue weighted by Gasteiger charge is 2.19. The van der Waals surface area contributed by atoms with Gasteiger partial charge in [-0.2, -0.15) is 0 Å². The lowest BCUT2D eigenvalue weighted by atomic mass is 9.94. The maximum absolute atomic E-state index is 6.05. The van der Waals surface area contributed by atoms with Crippen molar-refractivity contribution in [1.29, 1.82) is 0 Å². The summed E-state index contributed by atoms with van der Waals surface area (Å²) in [6.45, 7) is 13.9. The largest absolute Gasteiger partial charge is 0.493 e. The smallest absolute Gasteiger partial charge is 0.122 e. The number of benzene rings is 1. The molecule has 0 saturated carbocycles. The number of hydrogen-bond acceptors (Lipinski definition) is 2. The molecule has 0 bridgehead atoms. The van der Waals surface area contributed by atoms with E-state index in [-0.39, 0.29) is 5.41 Å². The van der Waals surface area contributed by atoms with E-state index < -0.39 is 0 Å². The molecule has 1 N–H and O–H groups in total. The van der Waals surface area contributed by atoms with Gasteiger partial charge in [0.25, 0.3) is 0 Å². The third kappa shape index (κ3) is 5.65. The van der Waals surface area contributed by atoms with Crippen LogP contribution >= 0.6 is 0 Å². The summed E-state index contributed by atoms with van der Waals surface area (Å²) in [5.41, 5.74) is 1.44. The van der Waals surface area contributed by atoms with Gasteiger partial charge in [0, 0.05) is 12.0 Å². The molecule has 0 aliphatic carbocycles. The standard InChI is InChI=1S/C17H29NO/c1-6-11-18-12-17(4,5)13-19-16-10-8-7-9-15(16)14(2)3/h7-10,14,18H,6,11-13H2,1-5H3. The van der Waals surface area contributed by atoms with Gasteiger partial charge in [-0.3, -0.25) is 0 Å². The van der Waals surface area contributed by atoms with E-state index in [2.05, 4.69) is 58.1 Å². The van der Waals surface area contributed by atoms with Gasteiger partial charge in [0.15, 0.2) is 0 Å². The molecule has 0 heterocycles. The lowest BCUT2D eigenvalue weighted by Crippen LogP contribution is -2.34. The van der Waals surface area contributed by atoms with Crippen LogP contribution in [0.3, 0.4) is 0 Å². The summed E-state index contributed by atoms with van der Waals surface area (Å²) < 4.78 is 6.05. The molecule has 0 unspecified atom stereocenters. The minimum absolute atomic E-state index is 0.152. The molecule has 0 aromatic heterocycles. The Kier molecular flexibility index (Phi) is 6.36. The number of nitrogens with one attached hydrogen (secondary N) is 1. The van der Waals surface area contributed by atoms with Crippen molar-refractivity contribution in [2.45, 2.75) is 47.0 Å². The van der Waals surface area contributed by atoms with E-state index in [0.29, 0.717) is 5.92 Å². The van der Waals surface area contributed by atoms with Gasteiger partial charge < -0.3 is 10.1 Å². The molecular weight excluding hydrogens is 234 g/mol. The van der Waals surface area contributed by atoms with E-state index in [1.165, 1.54) is 12.0 Å². The van der Waals surface area contributed by atoms with Crippen molar-refractivity contribution in [3.8, 4) is 5.75 Å². The molecule has 0 saturated heterocycles. The lowest BCUT2D eigenvalue weighted by molar-refractivity contribution is 0.175. The van der Waals surface area contributed by atoms with E-state index in [4.69, 9.17) is 4.74 Å². The maximum Gasteiger partial charge on any atom is 0.122 e. The van der Waals surface area contributed by atoms with E-state index >= 15 is 0 Å². The molecule has 0 spiro atoms. The van der Waals surface area contributed by atoms with Crippen molar-refractivity contribution in [3.05, 3.63) is 29.8 Å². The minimum Gasteiger partial charge on any atom is -0.493 e. The molecule has 2 heteroatoms. The first-order valence-corrected chi connectivity index (χ1v) is 7.38. The van der Waals surface area contributed by atoms with Crippen LogP contribution in [0.15, 0.2) is 24.3 Å². The first-order valence-electron chi connectivity index (χ1n) is 7.38. The van der Waals surface area contributed by atoms with Crippen LogP contribution in [0, 0.1) is 5.41 Å². The van der Waals surface area contributed by atoms with Crippen LogP contribution in [-0.4, -0.2) is 19.7 Å². The Morgan fingerprint density at radius 2 is 1.89 bits per heavy atom. The van der Waals surface area contributed by atoms with Crippen LogP contribution in [-0.2, 0) is 0 Å². The SMILES string of the molecule is CCCNCC(C)(C)COc1ccccc1C(C)C. The summed E-state index contributed by atoms with van der Waals surface area (Å²) in [4.78, 5) is 0. The van der Waals surface area contributed by atoms with Crippen molar-refractivity contribution < 1.29 is 4.74 Å². The predicted molar refractivity (Wildman–Crippen MR) is 83.0 cm³/mol. The highest BCUT2D eigenvalue weighted by molar-refractivity contribution is 5.35. The highest BCUT2D eigenvalue weighted by Crippen LogP contribution is 2.27. The summed E-state index contributed by atoms with van der Waals surface area (Å²) >= 11 is 0. The van der Waals surface area contributed by atoms with Gasteiger partial charge in [-0.25, -0.2) is 0 Å². The highest BCUT2D eigenvalue weighted by atomic mass is 16.5. The molecule has 0 radical (unpaired) electrons. The maximum atomic E-state index is 6.05. The van der Waals surface area contributed by atoms with Crippen molar-refractivity contribution in [2.24, 2.45) is 5.41 Å². The van der Waals surface area contributed by atoms with E-state index in [1.807, 2.05) is 6.07 Å². The molecule has 108 valence electrons. The Labute approximate surface area is 118 Å². The predicted octanol–water partition coefficient (Wildman–Crippen LogP) is 4.21. The van der Waals surface area contributed by atoms with Gasteiger partial charge in [-0.05, 0) is 30.5 Å². The summed E-state index contributed by atoms with van der Waals surface area (Å²) in [6, 6.07) is 8.35. The molecule has 2 nitrogen and oxygen atoms in total. The summed E-state index contributed by atoms with van der Waals surface area (Å²) in [7, 11) is 0. The molecular formula is C17H29NO. The average Bonchev–Trinajstić information content (AvgIpc) is 2.37. The first kappa shape index (κ1) is 16.0. The van der Waals surface area contributed by atoms with Gasteiger partial charge in [0.2, 0.25) is 0 Å². The Bertz CT molecular complexity index is 371. The third-order valence-corrected chi connectivity index (χ3v) is 3.19. The molecule has 0 amide bonds. The average molecular weight is 263 g/mol. The van der Waals surface area contributed by atoms with Crippen LogP contribution in [0.25, 0.3) is 0 Å². The van der Waals surface area contributed by atoms with Crippen molar-refractivity contribution in [1.82, 2.24) is 5.32 Å². The zero-order valence-corrected chi connectivity index (χ0v) is 13.1. The molecule has 1 aromatic carbocycles. The van der Waals surface area contributed by atoms with Gasteiger partial charge >= 0.3 is 0 Å². The second kappa shape index (κ2) is 7.54. The molecule has 0 aliphatic heterocycles. The van der Waals surface area contributed by atoms with Crippen LogP contribution < -0.4 is 10.1 Å². The van der Waals surface area contributed by atoms with Gasteiger partial charge in [-0.1, -0.05) is 52.8 Å². The molecule has 19 heavy (non-hydrogen) atoms. The summed E-state index contributed by atoms with van der Waals surface area (Å²) in [6.07, 6.45) is 1.17. The van der Waals surface area contributed by atoms with Crippen molar-refractivity contribution in [3.63, 3.8) is 0 Å². The monoisotopic (exact) mass is 263 g/mol.